The molecule has 5 rings (SSSR count). The summed E-state index contributed by atoms with van der Waals surface area (Å²) in [5.74, 6) is -0.652. The number of nitrogens with one attached hydrogen (secondary N) is 2. The van der Waals surface area contributed by atoms with Crippen molar-refractivity contribution in [3.63, 3.8) is 0 Å². The van der Waals surface area contributed by atoms with Gasteiger partial charge in [-0.25, -0.2) is 12.8 Å². The molecule has 1 spiro atoms. The normalized spacial score (nSPS) is 25.5. The molecule has 1 aromatic heterocycles. The van der Waals surface area contributed by atoms with E-state index in [1.807, 2.05) is 16.3 Å². The lowest BCUT2D eigenvalue weighted by Gasteiger charge is -2.47. The lowest BCUT2D eigenvalue weighted by Crippen LogP contribution is -2.54. The molecule has 3 aliphatic heterocycles. The van der Waals surface area contributed by atoms with Crippen LogP contribution in [-0.2, 0) is 14.6 Å². The van der Waals surface area contributed by atoms with E-state index in [4.69, 9.17) is 0 Å². The third-order valence-corrected chi connectivity index (χ3v) is 10.0. The van der Waals surface area contributed by atoms with Crippen LogP contribution in [0, 0.1) is 11.2 Å². The molecule has 3 fully saturated rings. The van der Waals surface area contributed by atoms with Crippen LogP contribution in [0.3, 0.4) is 0 Å². The van der Waals surface area contributed by atoms with E-state index in [0.717, 1.165) is 12.8 Å². The summed E-state index contributed by atoms with van der Waals surface area (Å²) in [5, 5.41) is 7.57. The molecule has 2 aromatic rings. The van der Waals surface area contributed by atoms with Gasteiger partial charge in [0.2, 0.25) is 5.91 Å². The standard InChI is InChI=1S/C23H26FN3O4S2/c24-18-10-15(3-4-19(18)27-7-5-23(6-8-27)13-33(30,31)14-23)17-11-16(26-21(17)28)12-25-22(29)20-2-1-9-32-20/h1-4,9-10,16-17H,5-8,11-14H2,(H,25,29)(H,26,28)/t16?,17-/m0/s1. The van der Waals surface area contributed by atoms with Crippen molar-refractivity contribution in [2.45, 2.75) is 31.2 Å². The van der Waals surface area contributed by atoms with Gasteiger partial charge in [0.15, 0.2) is 9.84 Å². The van der Waals surface area contributed by atoms with Crippen LogP contribution >= 0.6 is 11.3 Å². The third-order valence-electron chi connectivity index (χ3n) is 7.03. The van der Waals surface area contributed by atoms with Crippen LogP contribution in [0.4, 0.5) is 10.1 Å². The molecule has 3 saturated heterocycles. The molecule has 3 aliphatic rings. The monoisotopic (exact) mass is 491 g/mol. The van der Waals surface area contributed by atoms with E-state index < -0.39 is 15.8 Å². The first-order valence-corrected chi connectivity index (χ1v) is 13.8. The van der Waals surface area contributed by atoms with Gasteiger partial charge in [0.1, 0.15) is 5.82 Å². The Morgan fingerprint density at radius 2 is 2.00 bits per heavy atom. The summed E-state index contributed by atoms with van der Waals surface area (Å²) < 4.78 is 38.2. The van der Waals surface area contributed by atoms with Crippen molar-refractivity contribution in [3.8, 4) is 0 Å². The van der Waals surface area contributed by atoms with Crippen molar-refractivity contribution in [2.24, 2.45) is 5.41 Å². The first-order chi connectivity index (χ1) is 15.7. The lowest BCUT2D eigenvalue weighted by molar-refractivity contribution is -0.120. The topological polar surface area (TPSA) is 95.6 Å². The summed E-state index contributed by atoms with van der Waals surface area (Å²) in [6, 6.07) is 8.31. The van der Waals surface area contributed by atoms with E-state index >= 15 is 4.39 Å². The number of amides is 2. The van der Waals surface area contributed by atoms with Crippen LogP contribution in [0.2, 0.25) is 0 Å². The number of rotatable bonds is 5. The SMILES string of the molecule is O=C(NCC1C[C@@H](c2ccc(N3CCC4(CC3)CS(=O)(=O)C4)c(F)c2)C(=O)N1)c1cccs1. The fourth-order valence-corrected chi connectivity index (χ4v) is 8.28. The Morgan fingerprint density at radius 1 is 1.24 bits per heavy atom. The number of benzene rings is 1. The highest BCUT2D eigenvalue weighted by Crippen LogP contribution is 2.43. The zero-order valence-electron chi connectivity index (χ0n) is 18.1. The molecular formula is C23H26FN3O4S2. The van der Waals surface area contributed by atoms with Crippen molar-refractivity contribution in [1.82, 2.24) is 10.6 Å². The second kappa shape index (κ2) is 8.39. The minimum Gasteiger partial charge on any atom is -0.369 e. The fraction of sp³-hybridized carbons (Fsp3) is 0.478. The van der Waals surface area contributed by atoms with Gasteiger partial charge in [0.05, 0.1) is 28.0 Å². The number of nitrogens with zero attached hydrogens (tertiary/aromatic N) is 1. The van der Waals surface area contributed by atoms with E-state index in [-0.39, 0.29) is 40.6 Å². The molecule has 0 bridgehead atoms. The number of piperidine rings is 1. The molecular weight excluding hydrogens is 465 g/mol. The summed E-state index contributed by atoms with van der Waals surface area (Å²) in [5.41, 5.74) is 0.995. The minimum atomic E-state index is -2.88. The fourth-order valence-electron chi connectivity index (χ4n) is 5.28. The maximum atomic E-state index is 15.0. The first kappa shape index (κ1) is 22.3. The number of halogens is 1. The molecule has 176 valence electrons. The van der Waals surface area contributed by atoms with Crippen molar-refractivity contribution >= 4 is 38.7 Å². The average Bonchev–Trinajstić information content (AvgIpc) is 3.41. The number of sulfone groups is 1. The summed E-state index contributed by atoms with van der Waals surface area (Å²) in [6.07, 6.45) is 1.98. The Bertz CT molecular complexity index is 1160. The quantitative estimate of drug-likeness (QED) is 0.669. The highest BCUT2D eigenvalue weighted by atomic mass is 32.2. The number of carbonyl (C=O) groups excluding carboxylic acids is 2. The van der Waals surface area contributed by atoms with Gasteiger partial charge in [-0.2, -0.15) is 0 Å². The van der Waals surface area contributed by atoms with E-state index in [9.17, 15) is 18.0 Å². The highest BCUT2D eigenvalue weighted by molar-refractivity contribution is 7.92. The van der Waals surface area contributed by atoms with Crippen LogP contribution in [-0.4, -0.2) is 57.4 Å². The molecule has 2 atom stereocenters. The highest BCUT2D eigenvalue weighted by Gasteiger charge is 2.49. The van der Waals surface area contributed by atoms with E-state index in [1.165, 1.54) is 17.4 Å². The maximum absolute atomic E-state index is 15.0. The van der Waals surface area contributed by atoms with Crippen LogP contribution in [0.5, 0.6) is 0 Å². The number of hydrogen-bond acceptors (Lipinski definition) is 6. The second-order valence-electron chi connectivity index (χ2n) is 9.41. The molecule has 10 heteroatoms. The zero-order valence-corrected chi connectivity index (χ0v) is 19.7. The Balaban J connectivity index is 1.19. The van der Waals surface area contributed by atoms with E-state index in [2.05, 4.69) is 10.6 Å². The predicted molar refractivity (Wildman–Crippen MR) is 125 cm³/mol. The summed E-state index contributed by atoms with van der Waals surface area (Å²) in [7, 11) is -2.88. The molecule has 0 radical (unpaired) electrons. The van der Waals surface area contributed by atoms with Gasteiger partial charge in [-0.05, 0) is 48.4 Å². The van der Waals surface area contributed by atoms with Gasteiger partial charge < -0.3 is 15.5 Å². The molecule has 2 amide bonds. The van der Waals surface area contributed by atoms with Gasteiger partial charge in [-0.3, -0.25) is 9.59 Å². The smallest absolute Gasteiger partial charge is 0.261 e. The maximum Gasteiger partial charge on any atom is 0.261 e. The van der Waals surface area contributed by atoms with Crippen LogP contribution in [0.25, 0.3) is 0 Å². The molecule has 33 heavy (non-hydrogen) atoms. The molecule has 0 aliphatic carbocycles. The van der Waals surface area contributed by atoms with Crippen LogP contribution < -0.4 is 15.5 Å². The van der Waals surface area contributed by atoms with Gasteiger partial charge in [0, 0.05) is 31.1 Å². The van der Waals surface area contributed by atoms with Gasteiger partial charge in [0.25, 0.3) is 5.91 Å². The van der Waals surface area contributed by atoms with Crippen molar-refractivity contribution in [2.75, 3.05) is 36.0 Å². The average molecular weight is 492 g/mol. The third kappa shape index (κ3) is 4.50. The summed E-state index contributed by atoms with van der Waals surface area (Å²) in [6.45, 7) is 1.58. The Labute approximate surface area is 196 Å². The summed E-state index contributed by atoms with van der Waals surface area (Å²) >= 11 is 1.36. The van der Waals surface area contributed by atoms with Crippen LogP contribution in [0.1, 0.15) is 40.4 Å². The lowest BCUT2D eigenvalue weighted by atomic mass is 9.81. The first-order valence-electron chi connectivity index (χ1n) is 11.1. The Hall–Kier alpha value is -2.46. The minimum absolute atomic E-state index is 0.123. The number of anilines is 1. The Kier molecular flexibility index (Phi) is 5.68. The van der Waals surface area contributed by atoms with Gasteiger partial charge >= 0.3 is 0 Å². The molecule has 4 heterocycles. The number of thiophene rings is 1. The number of carbonyl (C=O) groups is 2. The molecule has 1 aromatic carbocycles. The van der Waals surface area contributed by atoms with Gasteiger partial charge in [-0.15, -0.1) is 11.3 Å². The molecule has 7 nitrogen and oxygen atoms in total. The molecule has 2 N–H and O–H groups in total. The second-order valence-corrected chi connectivity index (χ2v) is 12.4. The molecule has 0 saturated carbocycles. The molecule has 1 unspecified atom stereocenters. The van der Waals surface area contributed by atoms with Crippen molar-refractivity contribution < 1.29 is 22.4 Å². The Morgan fingerprint density at radius 3 is 2.64 bits per heavy atom. The van der Waals surface area contributed by atoms with E-state index in [0.29, 0.717) is 42.2 Å². The zero-order chi connectivity index (χ0) is 23.2. The van der Waals surface area contributed by atoms with Gasteiger partial charge in [-0.1, -0.05) is 12.1 Å². The van der Waals surface area contributed by atoms with Crippen molar-refractivity contribution in [1.29, 1.82) is 0 Å². The summed E-state index contributed by atoms with van der Waals surface area (Å²) in [4.78, 5) is 27.2. The van der Waals surface area contributed by atoms with Crippen molar-refractivity contribution in [3.05, 3.63) is 52.0 Å². The predicted octanol–water partition coefficient (Wildman–Crippen LogP) is 2.30. The van der Waals surface area contributed by atoms with Crippen LogP contribution in [0.15, 0.2) is 35.7 Å². The largest absolute Gasteiger partial charge is 0.369 e. The number of hydrogen-bond donors (Lipinski definition) is 2. The van der Waals surface area contributed by atoms with E-state index in [1.54, 1.807) is 18.2 Å².